The van der Waals surface area contributed by atoms with E-state index in [1.807, 2.05) is 12.1 Å². The Kier molecular flexibility index (Phi) is 5.06. The van der Waals surface area contributed by atoms with Crippen LogP contribution in [0, 0.1) is 5.92 Å². The van der Waals surface area contributed by atoms with Gasteiger partial charge in [0.2, 0.25) is 5.91 Å². The third kappa shape index (κ3) is 3.76. The first kappa shape index (κ1) is 14.9. The number of hydrogen-bond acceptors (Lipinski definition) is 3. The van der Waals surface area contributed by atoms with Crippen LogP contribution >= 0.6 is 11.8 Å². The standard InChI is InChI=1S/C15H19NO3S/c1-10-6-7-11-4-2-3-5-12(11)15(10)16-13(17)8-20-9-14(18)19/h2-5,10,15H,6-9H2,1H3,(H,16,17)(H,18,19). The van der Waals surface area contributed by atoms with Crippen LogP contribution in [0.2, 0.25) is 0 Å². The molecule has 1 aromatic rings. The molecule has 2 unspecified atom stereocenters. The van der Waals surface area contributed by atoms with Gasteiger partial charge in [-0.25, -0.2) is 0 Å². The third-order valence-electron chi connectivity index (χ3n) is 3.60. The lowest BCUT2D eigenvalue weighted by Crippen LogP contribution is -2.36. The molecular weight excluding hydrogens is 274 g/mol. The normalized spacial score (nSPS) is 21.1. The smallest absolute Gasteiger partial charge is 0.313 e. The number of nitrogens with one attached hydrogen (secondary N) is 1. The van der Waals surface area contributed by atoms with Gasteiger partial charge in [0.25, 0.3) is 0 Å². The van der Waals surface area contributed by atoms with Crippen molar-refractivity contribution in [2.75, 3.05) is 11.5 Å². The zero-order valence-electron chi connectivity index (χ0n) is 11.5. The maximum Gasteiger partial charge on any atom is 0.313 e. The SMILES string of the molecule is CC1CCc2ccccc2C1NC(=O)CSCC(=O)O. The number of aliphatic carboxylic acids is 1. The largest absolute Gasteiger partial charge is 0.481 e. The summed E-state index contributed by atoms with van der Waals surface area (Å²) in [7, 11) is 0. The molecule has 1 aliphatic rings. The fraction of sp³-hybridized carbons (Fsp3) is 0.467. The van der Waals surface area contributed by atoms with Crippen molar-refractivity contribution in [1.82, 2.24) is 5.32 Å². The quantitative estimate of drug-likeness (QED) is 0.874. The molecule has 0 aromatic heterocycles. The molecule has 1 aliphatic carbocycles. The molecule has 4 nitrogen and oxygen atoms in total. The lowest BCUT2D eigenvalue weighted by molar-refractivity contribution is -0.133. The van der Waals surface area contributed by atoms with E-state index >= 15 is 0 Å². The number of rotatable bonds is 5. The van der Waals surface area contributed by atoms with Gasteiger partial charge in [-0.3, -0.25) is 9.59 Å². The molecule has 0 fully saturated rings. The summed E-state index contributed by atoms with van der Waals surface area (Å²) >= 11 is 1.13. The van der Waals surface area contributed by atoms with Gasteiger partial charge in [-0.1, -0.05) is 31.2 Å². The maximum atomic E-state index is 11.9. The lowest BCUT2D eigenvalue weighted by Gasteiger charge is -2.32. The summed E-state index contributed by atoms with van der Waals surface area (Å²) in [6.45, 7) is 2.14. The highest BCUT2D eigenvalue weighted by Gasteiger charge is 2.27. The van der Waals surface area contributed by atoms with E-state index in [9.17, 15) is 9.59 Å². The molecule has 0 saturated heterocycles. The van der Waals surface area contributed by atoms with E-state index in [1.54, 1.807) is 0 Å². The fourth-order valence-corrected chi connectivity index (χ4v) is 3.13. The van der Waals surface area contributed by atoms with Crippen molar-refractivity contribution in [2.24, 2.45) is 5.92 Å². The van der Waals surface area contributed by atoms with Crippen LogP contribution in [0.5, 0.6) is 0 Å². The molecular formula is C15H19NO3S. The van der Waals surface area contributed by atoms with Crippen molar-refractivity contribution in [2.45, 2.75) is 25.8 Å². The van der Waals surface area contributed by atoms with Gasteiger partial charge in [0.15, 0.2) is 0 Å². The average molecular weight is 293 g/mol. The number of benzene rings is 1. The van der Waals surface area contributed by atoms with E-state index in [4.69, 9.17) is 5.11 Å². The van der Waals surface area contributed by atoms with Crippen molar-refractivity contribution >= 4 is 23.6 Å². The Labute approximate surface area is 123 Å². The molecule has 0 bridgehead atoms. The minimum Gasteiger partial charge on any atom is -0.481 e. The zero-order chi connectivity index (χ0) is 14.5. The van der Waals surface area contributed by atoms with E-state index in [0.717, 1.165) is 24.6 Å². The number of carbonyl (C=O) groups excluding carboxylic acids is 1. The highest BCUT2D eigenvalue weighted by atomic mass is 32.2. The summed E-state index contributed by atoms with van der Waals surface area (Å²) in [5.41, 5.74) is 2.50. The third-order valence-corrected chi connectivity index (χ3v) is 4.52. The number of aryl methyl sites for hydroxylation is 1. The second kappa shape index (κ2) is 6.79. The minimum atomic E-state index is -0.890. The van der Waals surface area contributed by atoms with Crippen LogP contribution in [0.3, 0.4) is 0 Å². The maximum absolute atomic E-state index is 11.9. The first-order valence-electron chi connectivity index (χ1n) is 6.74. The number of thioether (sulfide) groups is 1. The molecule has 2 rings (SSSR count). The lowest BCUT2D eigenvalue weighted by atomic mass is 9.81. The van der Waals surface area contributed by atoms with Crippen molar-refractivity contribution in [3.05, 3.63) is 35.4 Å². The van der Waals surface area contributed by atoms with Crippen LogP contribution in [0.4, 0.5) is 0 Å². The zero-order valence-corrected chi connectivity index (χ0v) is 12.3. The number of carboxylic acids is 1. The summed E-state index contributed by atoms with van der Waals surface area (Å²) in [4.78, 5) is 22.4. The van der Waals surface area contributed by atoms with Gasteiger partial charge in [0.1, 0.15) is 0 Å². The van der Waals surface area contributed by atoms with Gasteiger partial charge in [0, 0.05) is 0 Å². The van der Waals surface area contributed by atoms with Crippen LogP contribution in [0.25, 0.3) is 0 Å². The van der Waals surface area contributed by atoms with E-state index in [-0.39, 0.29) is 23.5 Å². The number of fused-ring (bicyclic) bond motifs is 1. The van der Waals surface area contributed by atoms with Gasteiger partial charge in [-0.15, -0.1) is 11.8 Å². The topological polar surface area (TPSA) is 66.4 Å². The molecule has 0 spiro atoms. The molecule has 1 aromatic carbocycles. The Balaban J connectivity index is 1.98. The van der Waals surface area contributed by atoms with E-state index in [0.29, 0.717) is 5.92 Å². The van der Waals surface area contributed by atoms with Crippen molar-refractivity contribution in [1.29, 1.82) is 0 Å². The summed E-state index contributed by atoms with van der Waals surface area (Å²) in [6.07, 6.45) is 2.11. The number of hydrogen-bond donors (Lipinski definition) is 2. The molecule has 2 N–H and O–H groups in total. The van der Waals surface area contributed by atoms with Gasteiger partial charge in [-0.2, -0.15) is 0 Å². The van der Waals surface area contributed by atoms with Crippen LogP contribution in [-0.2, 0) is 16.0 Å². The molecule has 2 atom stereocenters. The van der Waals surface area contributed by atoms with E-state index < -0.39 is 5.97 Å². The van der Waals surface area contributed by atoms with Crippen molar-refractivity contribution in [3.63, 3.8) is 0 Å². The Morgan fingerprint density at radius 3 is 2.85 bits per heavy atom. The second-order valence-corrected chi connectivity index (χ2v) is 6.13. The predicted molar refractivity (Wildman–Crippen MR) is 79.8 cm³/mol. The summed E-state index contributed by atoms with van der Waals surface area (Å²) in [6, 6.07) is 8.24. The monoisotopic (exact) mass is 293 g/mol. The summed E-state index contributed by atoms with van der Waals surface area (Å²) in [5.74, 6) is -0.427. The molecule has 0 radical (unpaired) electrons. The fourth-order valence-electron chi connectivity index (χ4n) is 2.59. The van der Waals surface area contributed by atoms with Crippen LogP contribution < -0.4 is 5.32 Å². The Bertz CT molecular complexity index is 504. The molecule has 108 valence electrons. The van der Waals surface area contributed by atoms with Crippen molar-refractivity contribution in [3.8, 4) is 0 Å². The highest BCUT2D eigenvalue weighted by Crippen LogP contribution is 2.33. The molecule has 0 saturated carbocycles. The Hall–Kier alpha value is -1.49. The number of amides is 1. The molecule has 0 heterocycles. The summed E-state index contributed by atoms with van der Waals surface area (Å²) in [5, 5.41) is 11.6. The summed E-state index contributed by atoms with van der Waals surface area (Å²) < 4.78 is 0. The Morgan fingerprint density at radius 1 is 1.35 bits per heavy atom. The van der Waals surface area contributed by atoms with Gasteiger partial charge in [0.05, 0.1) is 17.5 Å². The average Bonchev–Trinajstić information content (AvgIpc) is 2.41. The van der Waals surface area contributed by atoms with Crippen molar-refractivity contribution < 1.29 is 14.7 Å². The van der Waals surface area contributed by atoms with Gasteiger partial charge in [-0.05, 0) is 29.9 Å². The molecule has 0 aliphatic heterocycles. The number of carbonyl (C=O) groups is 2. The highest BCUT2D eigenvalue weighted by molar-refractivity contribution is 8.00. The van der Waals surface area contributed by atoms with Gasteiger partial charge >= 0.3 is 5.97 Å². The molecule has 1 amide bonds. The minimum absolute atomic E-state index is 0.0375. The predicted octanol–water partition coefficient (Wildman–Crippen LogP) is 2.24. The van der Waals surface area contributed by atoms with Crippen LogP contribution in [0.1, 0.15) is 30.5 Å². The van der Waals surface area contributed by atoms with E-state index in [2.05, 4.69) is 24.4 Å². The molecule has 5 heteroatoms. The first-order chi connectivity index (χ1) is 9.58. The first-order valence-corrected chi connectivity index (χ1v) is 7.90. The molecule has 20 heavy (non-hydrogen) atoms. The Morgan fingerprint density at radius 2 is 2.10 bits per heavy atom. The van der Waals surface area contributed by atoms with Gasteiger partial charge < -0.3 is 10.4 Å². The number of carboxylic acid groups (broad SMARTS) is 1. The second-order valence-electron chi connectivity index (χ2n) is 5.15. The van der Waals surface area contributed by atoms with Crippen LogP contribution in [0.15, 0.2) is 24.3 Å². The van der Waals surface area contributed by atoms with Crippen LogP contribution in [-0.4, -0.2) is 28.5 Å². The van der Waals surface area contributed by atoms with E-state index in [1.165, 1.54) is 11.1 Å².